The second kappa shape index (κ2) is 5.83. The molecule has 1 aromatic carbocycles. The van der Waals surface area contributed by atoms with Gasteiger partial charge in [-0.2, -0.15) is 0 Å². The van der Waals surface area contributed by atoms with Gasteiger partial charge in [0.1, 0.15) is 6.04 Å². The molecule has 2 atom stereocenters. The molecule has 1 aliphatic rings. The van der Waals surface area contributed by atoms with E-state index in [1.54, 1.807) is 6.92 Å². The number of carbonyl (C=O) groups excluding carboxylic acids is 1. The molecule has 4 nitrogen and oxygen atoms in total. The lowest BCUT2D eigenvalue weighted by molar-refractivity contribution is -0.123. The summed E-state index contributed by atoms with van der Waals surface area (Å²) in [6, 6.07) is 7.72. The molecule has 1 heterocycles. The van der Waals surface area contributed by atoms with Crippen molar-refractivity contribution in [2.24, 2.45) is 5.92 Å². The molecule has 0 bridgehead atoms. The van der Waals surface area contributed by atoms with Gasteiger partial charge in [-0.3, -0.25) is 4.79 Å². The zero-order valence-electron chi connectivity index (χ0n) is 12.4. The van der Waals surface area contributed by atoms with Gasteiger partial charge in [0.25, 0.3) is 0 Å². The molecule has 20 heavy (non-hydrogen) atoms. The fourth-order valence-corrected chi connectivity index (χ4v) is 2.81. The van der Waals surface area contributed by atoms with Crippen LogP contribution in [-0.2, 0) is 11.2 Å². The standard InChI is InChI=1S/C16H24N2O2/c1-11(2)9-16(3,20)10-17-15(19)14-8-12-6-4-5-7-13(12)18-14/h4-7,11,14,18,20H,8-10H2,1-3H3,(H,17,19)/t14-,16?/m0/s1. The van der Waals surface area contributed by atoms with E-state index in [-0.39, 0.29) is 11.9 Å². The Hall–Kier alpha value is -1.55. The molecular formula is C16H24N2O2. The molecule has 0 saturated carbocycles. The third-order valence-electron chi connectivity index (χ3n) is 3.58. The SMILES string of the molecule is CC(C)CC(C)(O)CNC(=O)[C@@H]1Cc2ccccc2N1. The van der Waals surface area contributed by atoms with Gasteiger partial charge < -0.3 is 15.7 Å². The maximum absolute atomic E-state index is 12.2. The number of fused-ring (bicyclic) bond motifs is 1. The number of hydrogen-bond acceptors (Lipinski definition) is 3. The summed E-state index contributed by atoms with van der Waals surface area (Å²) in [4.78, 5) is 12.2. The first-order chi connectivity index (χ1) is 9.37. The van der Waals surface area contributed by atoms with Crippen molar-refractivity contribution in [3.05, 3.63) is 29.8 Å². The smallest absolute Gasteiger partial charge is 0.242 e. The summed E-state index contributed by atoms with van der Waals surface area (Å²) in [6.07, 6.45) is 1.37. The molecule has 0 radical (unpaired) electrons. The minimum Gasteiger partial charge on any atom is -0.388 e. The summed E-state index contributed by atoms with van der Waals surface area (Å²) in [6.45, 7) is 6.18. The maximum atomic E-state index is 12.2. The number of amides is 1. The van der Waals surface area contributed by atoms with Crippen LogP contribution in [0.1, 0.15) is 32.8 Å². The average molecular weight is 276 g/mol. The van der Waals surface area contributed by atoms with E-state index in [9.17, 15) is 9.90 Å². The van der Waals surface area contributed by atoms with Crippen LogP contribution in [0.5, 0.6) is 0 Å². The Morgan fingerprint density at radius 2 is 2.20 bits per heavy atom. The zero-order valence-corrected chi connectivity index (χ0v) is 12.4. The van der Waals surface area contributed by atoms with Crippen LogP contribution in [0.15, 0.2) is 24.3 Å². The number of rotatable bonds is 5. The second-order valence-electron chi connectivity index (χ2n) is 6.37. The highest BCUT2D eigenvalue weighted by atomic mass is 16.3. The van der Waals surface area contributed by atoms with E-state index in [0.29, 0.717) is 25.3 Å². The van der Waals surface area contributed by atoms with Crippen molar-refractivity contribution in [1.29, 1.82) is 0 Å². The Kier molecular flexibility index (Phi) is 4.33. The lowest BCUT2D eigenvalue weighted by Crippen LogP contribution is -2.46. The van der Waals surface area contributed by atoms with Gasteiger partial charge in [-0.05, 0) is 30.9 Å². The molecule has 0 spiro atoms. The normalized spacial score (nSPS) is 20.1. The fourth-order valence-electron chi connectivity index (χ4n) is 2.81. The molecule has 3 N–H and O–H groups in total. The summed E-state index contributed by atoms with van der Waals surface area (Å²) in [5.74, 6) is 0.348. The summed E-state index contributed by atoms with van der Waals surface area (Å²) in [7, 11) is 0. The Morgan fingerprint density at radius 3 is 2.85 bits per heavy atom. The average Bonchev–Trinajstić information content (AvgIpc) is 2.78. The number of hydrogen-bond donors (Lipinski definition) is 3. The first-order valence-electron chi connectivity index (χ1n) is 7.22. The van der Waals surface area contributed by atoms with Crippen molar-refractivity contribution in [3.8, 4) is 0 Å². The fraction of sp³-hybridized carbons (Fsp3) is 0.562. The second-order valence-corrected chi connectivity index (χ2v) is 6.37. The predicted molar refractivity (Wildman–Crippen MR) is 80.6 cm³/mol. The van der Waals surface area contributed by atoms with Crippen molar-refractivity contribution >= 4 is 11.6 Å². The van der Waals surface area contributed by atoms with Gasteiger partial charge in [0.2, 0.25) is 5.91 Å². The minimum atomic E-state index is -0.852. The number of nitrogens with one attached hydrogen (secondary N) is 2. The van der Waals surface area contributed by atoms with Gasteiger partial charge >= 0.3 is 0 Å². The third kappa shape index (κ3) is 3.73. The van der Waals surface area contributed by atoms with Crippen LogP contribution in [0.2, 0.25) is 0 Å². The number of carbonyl (C=O) groups is 1. The van der Waals surface area contributed by atoms with Gasteiger partial charge in [0, 0.05) is 18.7 Å². The first-order valence-corrected chi connectivity index (χ1v) is 7.22. The Labute approximate surface area is 120 Å². The summed E-state index contributed by atoms with van der Waals surface area (Å²) >= 11 is 0. The highest BCUT2D eigenvalue weighted by molar-refractivity contribution is 5.87. The molecule has 1 amide bonds. The van der Waals surface area contributed by atoms with Crippen LogP contribution in [0.4, 0.5) is 5.69 Å². The van der Waals surface area contributed by atoms with E-state index in [0.717, 1.165) is 5.69 Å². The largest absolute Gasteiger partial charge is 0.388 e. The molecule has 0 fully saturated rings. The Balaban J connectivity index is 1.85. The molecule has 1 aliphatic heterocycles. The summed E-state index contributed by atoms with van der Waals surface area (Å²) in [5.41, 5.74) is 1.35. The molecule has 110 valence electrons. The van der Waals surface area contributed by atoms with E-state index >= 15 is 0 Å². The maximum Gasteiger partial charge on any atom is 0.242 e. The van der Waals surface area contributed by atoms with E-state index in [2.05, 4.69) is 24.5 Å². The lowest BCUT2D eigenvalue weighted by Gasteiger charge is -2.26. The van der Waals surface area contributed by atoms with Crippen LogP contribution in [0.3, 0.4) is 0 Å². The summed E-state index contributed by atoms with van der Waals surface area (Å²) < 4.78 is 0. The van der Waals surface area contributed by atoms with E-state index < -0.39 is 5.60 Å². The quantitative estimate of drug-likeness (QED) is 0.770. The monoisotopic (exact) mass is 276 g/mol. The highest BCUT2D eigenvalue weighted by Crippen LogP contribution is 2.25. The molecule has 2 rings (SSSR count). The van der Waals surface area contributed by atoms with E-state index in [1.807, 2.05) is 24.3 Å². The van der Waals surface area contributed by atoms with Gasteiger partial charge in [0.15, 0.2) is 0 Å². The van der Waals surface area contributed by atoms with Crippen LogP contribution < -0.4 is 10.6 Å². The Bertz CT molecular complexity index is 458. The Morgan fingerprint density at radius 1 is 1.50 bits per heavy atom. The highest BCUT2D eigenvalue weighted by Gasteiger charge is 2.28. The molecular weight excluding hydrogens is 252 g/mol. The number of aliphatic hydroxyl groups is 1. The van der Waals surface area contributed by atoms with Gasteiger partial charge in [-0.25, -0.2) is 0 Å². The first kappa shape index (κ1) is 14.9. The lowest BCUT2D eigenvalue weighted by atomic mass is 9.94. The van der Waals surface area contributed by atoms with Crippen molar-refractivity contribution in [1.82, 2.24) is 5.32 Å². The molecule has 4 heteroatoms. The van der Waals surface area contributed by atoms with Crippen molar-refractivity contribution in [2.45, 2.75) is 45.3 Å². The minimum absolute atomic E-state index is 0.0507. The molecule has 1 unspecified atom stereocenters. The van der Waals surface area contributed by atoms with Crippen molar-refractivity contribution < 1.29 is 9.90 Å². The molecule has 1 aromatic rings. The van der Waals surface area contributed by atoms with Crippen LogP contribution in [-0.4, -0.2) is 29.2 Å². The number of para-hydroxylation sites is 1. The van der Waals surface area contributed by atoms with Gasteiger partial charge in [-0.15, -0.1) is 0 Å². The third-order valence-corrected chi connectivity index (χ3v) is 3.58. The van der Waals surface area contributed by atoms with Crippen molar-refractivity contribution in [3.63, 3.8) is 0 Å². The summed E-state index contributed by atoms with van der Waals surface area (Å²) in [5, 5.41) is 16.3. The van der Waals surface area contributed by atoms with Gasteiger partial charge in [0.05, 0.1) is 5.60 Å². The molecule has 0 saturated heterocycles. The zero-order chi connectivity index (χ0) is 14.8. The topological polar surface area (TPSA) is 61.4 Å². The number of benzene rings is 1. The number of anilines is 1. The van der Waals surface area contributed by atoms with E-state index in [4.69, 9.17) is 0 Å². The van der Waals surface area contributed by atoms with E-state index in [1.165, 1.54) is 5.56 Å². The van der Waals surface area contributed by atoms with Crippen LogP contribution >= 0.6 is 0 Å². The molecule has 0 aromatic heterocycles. The van der Waals surface area contributed by atoms with Gasteiger partial charge in [-0.1, -0.05) is 32.0 Å². The van der Waals surface area contributed by atoms with Crippen molar-refractivity contribution in [2.75, 3.05) is 11.9 Å². The van der Waals surface area contributed by atoms with Crippen LogP contribution in [0, 0.1) is 5.92 Å². The molecule has 0 aliphatic carbocycles. The van der Waals surface area contributed by atoms with Crippen LogP contribution in [0.25, 0.3) is 0 Å². The predicted octanol–water partition coefficient (Wildman–Crippen LogP) is 1.94.